The van der Waals surface area contributed by atoms with Gasteiger partial charge in [-0.3, -0.25) is 9.78 Å². The van der Waals surface area contributed by atoms with Crippen molar-refractivity contribution in [3.8, 4) is 5.75 Å². The molecule has 1 aromatic heterocycles. The molecule has 0 saturated carbocycles. The number of phenols is 1. The summed E-state index contributed by atoms with van der Waals surface area (Å²) in [6.07, 6.45) is 4.68. The van der Waals surface area contributed by atoms with Crippen LogP contribution in [0.3, 0.4) is 0 Å². The Morgan fingerprint density at radius 2 is 1.54 bits per heavy atom. The Bertz CT molecular complexity index is 1750. The van der Waals surface area contributed by atoms with E-state index in [0.29, 0.717) is 10.4 Å². The standard InChI is InChI=1S/C40H39N3O3/c1-2-28-26-43(23-21-29(28)24-37(43)39(46)34-20-22-41-36-19-18-33(44)25-35(34)36)27-38(45)42-40(30-12-6-3-7-13-30,31-14-8-4-9-15-31)32-16-10-5-11-17-32/h2-20,22,25,28-29,37,39,46H,1,21,23-24,26-27H2,(H-,42,44,45)/p+1/t28-,29-,37+,39-,43-/m0/s1. The third-order valence-corrected chi connectivity index (χ3v) is 10.5. The van der Waals surface area contributed by atoms with E-state index in [2.05, 4.69) is 53.3 Å². The number of quaternary nitrogens is 1. The number of pyridine rings is 1. The Morgan fingerprint density at radius 1 is 0.935 bits per heavy atom. The number of fused-ring (bicyclic) bond motifs is 4. The van der Waals surface area contributed by atoms with Crippen molar-refractivity contribution in [2.24, 2.45) is 11.8 Å². The minimum Gasteiger partial charge on any atom is -0.508 e. The summed E-state index contributed by atoms with van der Waals surface area (Å²) >= 11 is 0. The molecule has 0 unspecified atom stereocenters. The minimum atomic E-state index is -0.919. The number of piperidine rings is 3. The van der Waals surface area contributed by atoms with Gasteiger partial charge >= 0.3 is 0 Å². The van der Waals surface area contributed by atoms with Crippen LogP contribution in [0.1, 0.15) is 41.2 Å². The lowest BCUT2D eigenvalue weighted by Crippen LogP contribution is -2.70. The number of carbonyl (C=O) groups is 1. The number of aromatic hydroxyl groups is 1. The summed E-state index contributed by atoms with van der Waals surface area (Å²) in [5, 5.41) is 26.8. The van der Waals surface area contributed by atoms with Crippen LogP contribution in [0.4, 0.5) is 0 Å². The number of hydrogen-bond donors (Lipinski definition) is 3. The minimum absolute atomic E-state index is 0.0749. The van der Waals surface area contributed by atoms with E-state index >= 15 is 0 Å². The molecule has 46 heavy (non-hydrogen) atoms. The molecule has 0 spiro atoms. The van der Waals surface area contributed by atoms with Gasteiger partial charge in [-0.15, -0.1) is 6.58 Å². The van der Waals surface area contributed by atoms with Gasteiger partial charge in [-0.1, -0.05) is 97.1 Å². The van der Waals surface area contributed by atoms with Crippen LogP contribution in [0.2, 0.25) is 0 Å². The number of nitrogens with one attached hydrogen (secondary N) is 1. The molecule has 3 N–H and O–H groups in total. The van der Waals surface area contributed by atoms with Crippen molar-refractivity contribution in [3.63, 3.8) is 0 Å². The fourth-order valence-electron chi connectivity index (χ4n) is 8.32. The van der Waals surface area contributed by atoms with Crippen molar-refractivity contribution in [3.05, 3.63) is 156 Å². The van der Waals surface area contributed by atoms with E-state index in [-0.39, 0.29) is 30.2 Å². The highest BCUT2D eigenvalue weighted by Gasteiger charge is 2.55. The first-order chi connectivity index (χ1) is 22.4. The molecule has 3 fully saturated rings. The van der Waals surface area contributed by atoms with Crippen molar-refractivity contribution in [1.29, 1.82) is 0 Å². The lowest BCUT2D eigenvalue weighted by Gasteiger charge is -2.57. The fraction of sp³-hybridized carbons (Fsp3) is 0.250. The molecule has 3 aliphatic heterocycles. The van der Waals surface area contributed by atoms with Gasteiger partial charge in [0.05, 0.1) is 18.6 Å². The first-order valence-corrected chi connectivity index (χ1v) is 16.2. The highest BCUT2D eigenvalue weighted by molar-refractivity contribution is 5.84. The summed E-state index contributed by atoms with van der Waals surface area (Å²) in [6.45, 7) is 5.93. The van der Waals surface area contributed by atoms with E-state index < -0.39 is 11.6 Å². The van der Waals surface area contributed by atoms with Crippen LogP contribution >= 0.6 is 0 Å². The number of carbonyl (C=O) groups excluding carboxylic acids is 1. The van der Waals surface area contributed by atoms with Crippen LogP contribution in [0.15, 0.2) is 134 Å². The zero-order valence-electron chi connectivity index (χ0n) is 25.9. The smallest absolute Gasteiger partial charge is 0.276 e. The summed E-state index contributed by atoms with van der Waals surface area (Å²) in [4.78, 5) is 19.2. The zero-order chi connectivity index (χ0) is 31.7. The quantitative estimate of drug-likeness (QED) is 0.101. The van der Waals surface area contributed by atoms with E-state index in [4.69, 9.17) is 0 Å². The molecule has 8 rings (SSSR count). The summed E-state index contributed by atoms with van der Waals surface area (Å²) in [6, 6.07) is 37.2. The number of aliphatic hydroxyl groups excluding tert-OH is 1. The van der Waals surface area contributed by atoms with Crippen LogP contribution in [0, 0.1) is 11.8 Å². The van der Waals surface area contributed by atoms with Gasteiger partial charge in [0, 0.05) is 30.3 Å². The average Bonchev–Trinajstić information content (AvgIpc) is 3.11. The molecule has 0 radical (unpaired) electrons. The van der Waals surface area contributed by atoms with Gasteiger partial charge < -0.3 is 20.0 Å². The van der Waals surface area contributed by atoms with Crippen LogP contribution in [-0.2, 0) is 10.3 Å². The second kappa shape index (κ2) is 12.2. The van der Waals surface area contributed by atoms with E-state index in [9.17, 15) is 15.0 Å². The molecular weight excluding hydrogens is 570 g/mol. The Hall–Kier alpha value is -4.78. The maximum Gasteiger partial charge on any atom is 0.276 e. The van der Waals surface area contributed by atoms with Gasteiger partial charge in [-0.05, 0) is 52.4 Å². The van der Waals surface area contributed by atoms with Gasteiger partial charge in [0.15, 0.2) is 6.54 Å². The number of hydrogen-bond acceptors (Lipinski definition) is 4. The lowest BCUT2D eigenvalue weighted by molar-refractivity contribution is -0.966. The fourth-order valence-corrected chi connectivity index (χ4v) is 8.32. The van der Waals surface area contributed by atoms with Crippen LogP contribution in [0.5, 0.6) is 5.75 Å². The highest BCUT2D eigenvalue weighted by atomic mass is 16.3. The van der Waals surface area contributed by atoms with E-state index in [1.54, 1.807) is 24.4 Å². The maximum absolute atomic E-state index is 14.7. The molecule has 3 aliphatic rings. The second-order valence-electron chi connectivity index (χ2n) is 13.0. The van der Waals surface area contributed by atoms with Crippen LogP contribution < -0.4 is 5.32 Å². The first kappa shape index (κ1) is 29.9. The summed E-state index contributed by atoms with van der Waals surface area (Å²) < 4.78 is 0.470. The normalized spacial score (nSPS) is 23.1. The van der Waals surface area contributed by atoms with Gasteiger partial charge in [0.25, 0.3) is 5.91 Å². The molecule has 1 amide bonds. The number of amides is 1. The molecule has 6 nitrogen and oxygen atoms in total. The number of aliphatic hydroxyl groups is 1. The molecule has 5 atom stereocenters. The zero-order valence-corrected chi connectivity index (χ0v) is 25.9. The average molecular weight is 611 g/mol. The van der Waals surface area contributed by atoms with Crippen molar-refractivity contribution >= 4 is 16.8 Å². The Labute approximate surface area is 270 Å². The van der Waals surface area contributed by atoms with E-state index in [1.165, 1.54) is 0 Å². The molecule has 6 heteroatoms. The van der Waals surface area contributed by atoms with Gasteiger partial charge in [-0.2, -0.15) is 0 Å². The predicted molar refractivity (Wildman–Crippen MR) is 181 cm³/mol. The van der Waals surface area contributed by atoms with Gasteiger partial charge in [0.1, 0.15) is 23.4 Å². The third kappa shape index (κ3) is 5.17. The first-order valence-electron chi connectivity index (χ1n) is 16.2. The Morgan fingerprint density at radius 3 is 2.13 bits per heavy atom. The van der Waals surface area contributed by atoms with E-state index in [1.807, 2.05) is 66.7 Å². The summed E-state index contributed by atoms with van der Waals surface area (Å²) in [7, 11) is 0. The Kier molecular flexibility index (Phi) is 7.93. The maximum atomic E-state index is 14.7. The SMILES string of the molecule is C=C[C@H]1C[N@+]2(CC(=O)NC(c3ccccc3)(c3ccccc3)c3ccccc3)CC[C@H]1C[C@@H]2[C@@H](O)c1ccnc2ccc(O)cc12. The van der Waals surface area contributed by atoms with Crippen molar-refractivity contribution in [1.82, 2.24) is 10.3 Å². The van der Waals surface area contributed by atoms with Crippen molar-refractivity contribution in [2.75, 3.05) is 19.6 Å². The molecule has 232 valence electrons. The molecule has 5 aromatic rings. The molecule has 4 aromatic carbocycles. The number of rotatable bonds is 9. The molecular formula is C40H40N3O3+. The lowest BCUT2D eigenvalue weighted by atomic mass is 9.71. The van der Waals surface area contributed by atoms with E-state index in [0.717, 1.165) is 59.1 Å². The molecule has 3 saturated heterocycles. The molecule has 2 bridgehead atoms. The third-order valence-electron chi connectivity index (χ3n) is 10.5. The predicted octanol–water partition coefficient (Wildman–Crippen LogP) is 6.49. The molecule has 0 aliphatic carbocycles. The van der Waals surface area contributed by atoms with Crippen LogP contribution in [0.25, 0.3) is 10.9 Å². The van der Waals surface area contributed by atoms with Crippen LogP contribution in [-0.4, -0.2) is 51.3 Å². The highest BCUT2D eigenvalue weighted by Crippen LogP contribution is 2.47. The monoisotopic (exact) mass is 610 g/mol. The topological polar surface area (TPSA) is 82.5 Å². The van der Waals surface area contributed by atoms with Gasteiger partial charge in [0.2, 0.25) is 0 Å². The number of phenolic OH excluding ortho intramolecular Hbond substituents is 1. The number of benzene rings is 4. The molecule has 4 heterocycles. The van der Waals surface area contributed by atoms with Crippen molar-refractivity contribution in [2.45, 2.75) is 30.5 Å². The summed E-state index contributed by atoms with van der Waals surface area (Å²) in [5.74, 6) is 0.728. The summed E-state index contributed by atoms with van der Waals surface area (Å²) in [5.41, 5.74) is 3.46. The van der Waals surface area contributed by atoms with Gasteiger partial charge in [-0.25, -0.2) is 0 Å². The Balaban J connectivity index is 1.30. The second-order valence-corrected chi connectivity index (χ2v) is 13.0. The van der Waals surface area contributed by atoms with Crippen molar-refractivity contribution < 1.29 is 19.5 Å². The largest absolute Gasteiger partial charge is 0.508 e. The number of nitrogens with zero attached hydrogens (tertiary/aromatic N) is 2. The number of aromatic nitrogens is 1.